The zero-order valence-corrected chi connectivity index (χ0v) is 21.0. The van der Waals surface area contributed by atoms with Gasteiger partial charge in [-0.3, -0.25) is 9.59 Å². The van der Waals surface area contributed by atoms with Crippen LogP contribution in [0, 0.1) is 0 Å². The first kappa shape index (κ1) is 24.0. The minimum absolute atomic E-state index is 0.0247. The maximum Gasteiger partial charge on any atom is 0.247 e. The summed E-state index contributed by atoms with van der Waals surface area (Å²) >= 11 is 1.56. The molecule has 1 N–H and O–H groups in total. The van der Waals surface area contributed by atoms with Crippen molar-refractivity contribution in [2.75, 3.05) is 7.11 Å². The summed E-state index contributed by atoms with van der Waals surface area (Å²) in [6, 6.07) is 18.2. The van der Waals surface area contributed by atoms with Crippen LogP contribution in [0.5, 0.6) is 5.75 Å². The first-order chi connectivity index (χ1) is 17.6. The third kappa shape index (κ3) is 5.26. The van der Waals surface area contributed by atoms with E-state index in [2.05, 4.69) is 15.6 Å². The molecule has 1 fully saturated rings. The molecule has 9 heteroatoms. The van der Waals surface area contributed by atoms with Gasteiger partial charge in [-0.2, -0.15) is 0 Å². The molecule has 4 aromatic rings. The van der Waals surface area contributed by atoms with Crippen molar-refractivity contribution in [3.63, 3.8) is 0 Å². The van der Waals surface area contributed by atoms with Crippen molar-refractivity contribution in [1.82, 2.24) is 25.2 Å². The molecule has 1 saturated carbocycles. The summed E-state index contributed by atoms with van der Waals surface area (Å²) in [6.07, 6.45) is 4.12. The molecule has 0 bridgehead atoms. The fraction of sp³-hybridized carbons (Fsp3) is 0.333. The average Bonchev–Trinajstić information content (AvgIpc) is 3.67. The molecular formula is C27H29N5O3S. The lowest BCUT2D eigenvalue weighted by molar-refractivity contribution is -0.142. The molecule has 0 aliphatic heterocycles. The first-order valence-corrected chi connectivity index (χ1v) is 13.0. The van der Waals surface area contributed by atoms with E-state index in [9.17, 15) is 9.59 Å². The van der Waals surface area contributed by atoms with Crippen LogP contribution >= 0.6 is 11.3 Å². The average molecular weight is 504 g/mol. The summed E-state index contributed by atoms with van der Waals surface area (Å²) in [5.41, 5.74) is 2.20. The van der Waals surface area contributed by atoms with Crippen LogP contribution in [0.15, 0.2) is 66.0 Å². The number of nitrogens with one attached hydrogen (secondary N) is 1. The molecule has 36 heavy (non-hydrogen) atoms. The Hall–Kier alpha value is -3.72. The molecule has 0 radical (unpaired) electrons. The van der Waals surface area contributed by atoms with Gasteiger partial charge < -0.3 is 15.0 Å². The number of nitrogens with zero attached hydrogens (tertiary/aromatic N) is 4. The maximum atomic E-state index is 13.9. The predicted molar refractivity (Wildman–Crippen MR) is 139 cm³/mol. The van der Waals surface area contributed by atoms with Crippen LogP contribution in [-0.2, 0) is 22.7 Å². The van der Waals surface area contributed by atoms with Crippen LogP contribution in [0.2, 0.25) is 0 Å². The number of para-hydroxylation sites is 1. The summed E-state index contributed by atoms with van der Waals surface area (Å²) in [5, 5.41) is 13.6. The topological polar surface area (TPSA) is 89.4 Å². The number of methoxy groups -OCH3 is 1. The molecule has 2 aromatic heterocycles. The number of aromatic nitrogens is 3. The highest BCUT2D eigenvalue weighted by Gasteiger charge is 2.34. The molecule has 1 aliphatic carbocycles. The number of fused-ring (bicyclic) bond motifs is 1. The molecule has 186 valence electrons. The lowest BCUT2D eigenvalue weighted by Crippen LogP contribution is -2.46. The molecule has 1 aliphatic rings. The Labute approximate surface area is 213 Å². The molecule has 2 heterocycles. The predicted octanol–water partition coefficient (Wildman–Crippen LogP) is 4.33. The molecule has 1 unspecified atom stereocenters. The SMILES string of the molecule is COc1cccc(C(C(=O)NC2CCCC2)N(Cc2cccs2)C(=O)Cn2nnc3ccccc32)c1. The smallest absolute Gasteiger partial charge is 0.247 e. The van der Waals surface area contributed by atoms with Gasteiger partial charge >= 0.3 is 0 Å². The van der Waals surface area contributed by atoms with Gasteiger partial charge in [-0.1, -0.05) is 48.4 Å². The van der Waals surface area contributed by atoms with Gasteiger partial charge in [0.2, 0.25) is 11.8 Å². The lowest BCUT2D eigenvalue weighted by Gasteiger charge is -2.32. The number of hydrogen-bond donors (Lipinski definition) is 1. The second-order valence-electron chi connectivity index (χ2n) is 9.01. The number of carbonyl (C=O) groups excluding carboxylic acids is 2. The molecule has 0 saturated heterocycles. The second-order valence-corrected chi connectivity index (χ2v) is 10.0. The van der Waals surface area contributed by atoms with Crippen LogP contribution in [-0.4, -0.2) is 44.9 Å². The fourth-order valence-electron chi connectivity index (χ4n) is 4.78. The van der Waals surface area contributed by atoms with E-state index in [1.54, 1.807) is 28.0 Å². The van der Waals surface area contributed by atoms with Crippen LogP contribution in [0.3, 0.4) is 0 Å². The molecule has 2 aromatic carbocycles. The normalized spacial score (nSPS) is 14.6. The number of benzene rings is 2. The van der Waals surface area contributed by atoms with Crippen molar-refractivity contribution in [2.24, 2.45) is 0 Å². The number of hydrogen-bond acceptors (Lipinski definition) is 6. The van der Waals surface area contributed by atoms with E-state index in [1.165, 1.54) is 0 Å². The monoisotopic (exact) mass is 503 g/mol. The molecule has 8 nitrogen and oxygen atoms in total. The van der Waals surface area contributed by atoms with Crippen molar-refractivity contribution < 1.29 is 14.3 Å². The van der Waals surface area contributed by atoms with Crippen molar-refractivity contribution >= 4 is 34.2 Å². The van der Waals surface area contributed by atoms with Crippen LogP contribution in [0.25, 0.3) is 11.0 Å². The van der Waals surface area contributed by atoms with Gasteiger partial charge in [0.1, 0.15) is 23.9 Å². The van der Waals surface area contributed by atoms with E-state index in [4.69, 9.17) is 4.74 Å². The quantitative estimate of drug-likeness (QED) is 0.367. The zero-order valence-electron chi connectivity index (χ0n) is 20.2. The standard InChI is InChI=1S/C27H29N5O3S/c1-35-21-11-6-8-19(16-21)26(27(34)28-20-9-2-3-10-20)31(17-22-12-7-15-36-22)25(33)18-32-24-14-5-4-13-23(24)29-30-32/h4-8,11-16,20,26H,2-3,9-10,17-18H2,1H3,(H,28,34). The maximum absolute atomic E-state index is 13.9. The third-order valence-electron chi connectivity index (χ3n) is 6.60. The summed E-state index contributed by atoms with van der Waals surface area (Å²) < 4.78 is 7.04. The Balaban J connectivity index is 1.52. The van der Waals surface area contributed by atoms with Crippen LogP contribution in [0.1, 0.15) is 42.2 Å². The highest BCUT2D eigenvalue weighted by atomic mass is 32.1. The van der Waals surface area contributed by atoms with Crippen molar-refractivity contribution in [1.29, 1.82) is 0 Å². The fourth-order valence-corrected chi connectivity index (χ4v) is 5.48. The molecule has 2 amide bonds. The van der Waals surface area contributed by atoms with E-state index >= 15 is 0 Å². The van der Waals surface area contributed by atoms with Gasteiger partial charge in [0.25, 0.3) is 0 Å². The summed E-state index contributed by atoms with van der Waals surface area (Å²) in [5.74, 6) is 0.244. The van der Waals surface area contributed by atoms with E-state index in [0.29, 0.717) is 17.9 Å². The first-order valence-electron chi connectivity index (χ1n) is 12.2. The second kappa shape index (κ2) is 10.9. The molecule has 5 rings (SSSR count). The van der Waals surface area contributed by atoms with Crippen molar-refractivity contribution in [2.45, 2.75) is 50.9 Å². The number of rotatable bonds is 9. The Morgan fingerprint density at radius 3 is 2.75 bits per heavy atom. The lowest BCUT2D eigenvalue weighted by atomic mass is 10.0. The van der Waals surface area contributed by atoms with Crippen molar-refractivity contribution in [3.8, 4) is 5.75 Å². The van der Waals surface area contributed by atoms with Gasteiger partial charge in [-0.15, -0.1) is 16.4 Å². The van der Waals surface area contributed by atoms with E-state index in [0.717, 1.165) is 41.6 Å². The van der Waals surface area contributed by atoms with Gasteiger partial charge in [-0.25, -0.2) is 4.68 Å². The Bertz CT molecular complexity index is 1330. The van der Waals surface area contributed by atoms with Gasteiger partial charge in [0.05, 0.1) is 19.2 Å². The van der Waals surface area contributed by atoms with Crippen molar-refractivity contribution in [3.05, 3.63) is 76.5 Å². The Morgan fingerprint density at radius 2 is 1.97 bits per heavy atom. The minimum Gasteiger partial charge on any atom is -0.497 e. The van der Waals surface area contributed by atoms with Gasteiger partial charge in [0.15, 0.2) is 0 Å². The largest absolute Gasteiger partial charge is 0.497 e. The summed E-state index contributed by atoms with van der Waals surface area (Å²) in [4.78, 5) is 30.4. The number of amides is 2. The zero-order chi connectivity index (χ0) is 24.9. The van der Waals surface area contributed by atoms with E-state index < -0.39 is 6.04 Å². The minimum atomic E-state index is -0.815. The highest BCUT2D eigenvalue weighted by Crippen LogP contribution is 2.29. The summed E-state index contributed by atoms with van der Waals surface area (Å²) in [6.45, 7) is 0.284. The third-order valence-corrected chi connectivity index (χ3v) is 7.46. The van der Waals surface area contributed by atoms with Gasteiger partial charge in [-0.05, 0) is 54.1 Å². The Kier molecular flexibility index (Phi) is 7.27. The number of carbonyl (C=O) groups is 2. The van der Waals surface area contributed by atoms with Gasteiger partial charge in [0, 0.05) is 10.9 Å². The number of ether oxygens (including phenoxy) is 1. The van der Waals surface area contributed by atoms with E-state index in [1.807, 2.05) is 66.0 Å². The molecular weight excluding hydrogens is 474 g/mol. The summed E-state index contributed by atoms with van der Waals surface area (Å²) in [7, 11) is 1.59. The highest BCUT2D eigenvalue weighted by molar-refractivity contribution is 7.09. The van der Waals surface area contributed by atoms with Crippen LogP contribution in [0.4, 0.5) is 0 Å². The van der Waals surface area contributed by atoms with E-state index in [-0.39, 0.29) is 24.4 Å². The number of thiophene rings is 1. The Morgan fingerprint density at radius 1 is 1.14 bits per heavy atom. The molecule has 0 spiro atoms. The molecule has 1 atom stereocenters. The van der Waals surface area contributed by atoms with Crippen LogP contribution < -0.4 is 10.1 Å².